The highest BCUT2D eigenvalue weighted by atomic mass is 19.1. The van der Waals surface area contributed by atoms with Crippen LogP contribution in [0, 0.1) is 11.6 Å². The van der Waals surface area contributed by atoms with Crippen molar-refractivity contribution in [3.05, 3.63) is 65.2 Å². The average Bonchev–Trinajstić information content (AvgIpc) is 2.66. The van der Waals surface area contributed by atoms with Gasteiger partial charge in [-0.05, 0) is 63.6 Å². The van der Waals surface area contributed by atoms with Crippen LogP contribution in [0.5, 0.6) is 5.75 Å². The first-order valence-corrected chi connectivity index (χ1v) is 9.56. The minimum Gasteiger partial charge on any atom is -0.494 e. The maximum absolute atomic E-state index is 13.8. The third-order valence-electron chi connectivity index (χ3n) is 4.83. The van der Waals surface area contributed by atoms with Crippen LogP contribution >= 0.6 is 0 Å². The zero-order valence-corrected chi connectivity index (χ0v) is 17.3. The van der Waals surface area contributed by atoms with Gasteiger partial charge >= 0.3 is 5.97 Å². The van der Waals surface area contributed by atoms with Gasteiger partial charge in [0.25, 0.3) is 5.91 Å². The smallest absolute Gasteiger partial charge is 0.344 e. The van der Waals surface area contributed by atoms with Crippen LogP contribution in [0.25, 0.3) is 5.57 Å². The van der Waals surface area contributed by atoms with E-state index in [0.717, 1.165) is 29.3 Å². The Morgan fingerprint density at radius 2 is 1.77 bits per heavy atom. The summed E-state index contributed by atoms with van der Waals surface area (Å²) in [5, 5.41) is 0. The standard InChI is InChI=1S/C23H23F2NO4/c1-5-29-15-9-10-19-16(11-15)14(2)12-23(3,4)26(19)20(27)13-30-22(28)21-17(24)7-6-8-18(21)25/h6-12H,5,13H2,1-4H3. The van der Waals surface area contributed by atoms with E-state index in [1.165, 1.54) is 4.90 Å². The topological polar surface area (TPSA) is 55.8 Å². The fourth-order valence-electron chi connectivity index (χ4n) is 3.68. The minimum absolute atomic E-state index is 0.512. The van der Waals surface area contributed by atoms with Gasteiger partial charge in [0.2, 0.25) is 0 Å². The van der Waals surface area contributed by atoms with Gasteiger partial charge < -0.3 is 9.47 Å². The van der Waals surface area contributed by atoms with Gasteiger partial charge in [0, 0.05) is 5.56 Å². The quantitative estimate of drug-likeness (QED) is 0.662. The number of hydrogen-bond donors (Lipinski definition) is 0. The van der Waals surface area contributed by atoms with E-state index in [2.05, 4.69) is 0 Å². The van der Waals surface area contributed by atoms with E-state index in [9.17, 15) is 18.4 Å². The fraction of sp³-hybridized carbons (Fsp3) is 0.304. The lowest BCUT2D eigenvalue weighted by Gasteiger charge is -2.41. The monoisotopic (exact) mass is 415 g/mol. The number of anilines is 1. The SMILES string of the molecule is CCOc1ccc2c(c1)C(C)=CC(C)(C)N2C(=O)COC(=O)c1c(F)cccc1F. The molecule has 2 aromatic rings. The molecule has 0 saturated heterocycles. The van der Waals surface area contributed by atoms with Crippen LogP contribution in [0.1, 0.15) is 43.6 Å². The van der Waals surface area contributed by atoms with Crippen molar-refractivity contribution in [2.75, 3.05) is 18.1 Å². The first kappa shape index (κ1) is 21.5. The van der Waals surface area contributed by atoms with Crippen LogP contribution in [-0.2, 0) is 9.53 Å². The van der Waals surface area contributed by atoms with Crippen molar-refractivity contribution in [3.63, 3.8) is 0 Å². The molecule has 3 rings (SSSR count). The van der Waals surface area contributed by atoms with Crippen LogP contribution in [-0.4, -0.2) is 30.6 Å². The highest BCUT2D eigenvalue weighted by Crippen LogP contribution is 2.40. The van der Waals surface area contributed by atoms with Crippen LogP contribution in [0.15, 0.2) is 42.5 Å². The molecule has 158 valence electrons. The molecule has 1 aliphatic rings. The Balaban J connectivity index is 1.86. The van der Waals surface area contributed by atoms with Gasteiger partial charge in [-0.25, -0.2) is 13.6 Å². The van der Waals surface area contributed by atoms with Crippen LogP contribution in [0.4, 0.5) is 14.5 Å². The van der Waals surface area contributed by atoms with Crippen molar-refractivity contribution in [1.82, 2.24) is 0 Å². The molecule has 0 bridgehead atoms. The molecular weight excluding hydrogens is 392 g/mol. The van der Waals surface area contributed by atoms with E-state index in [1.807, 2.05) is 39.8 Å². The number of nitrogens with zero attached hydrogens (tertiary/aromatic N) is 1. The molecule has 0 atom stereocenters. The van der Waals surface area contributed by atoms with Gasteiger partial charge in [0.15, 0.2) is 6.61 Å². The molecule has 1 aliphatic heterocycles. The summed E-state index contributed by atoms with van der Waals surface area (Å²) in [6, 6.07) is 8.43. The summed E-state index contributed by atoms with van der Waals surface area (Å²) in [7, 11) is 0. The summed E-state index contributed by atoms with van der Waals surface area (Å²) in [5.41, 5.74) is 0.921. The van der Waals surface area contributed by atoms with E-state index in [-0.39, 0.29) is 0 Å². The van der Waals surface area contributed by atoms with Crippen LogP contribution in [0.2, 0.25) is 0 Å². The second-order valence-corrected chi connectivity index (χ2v) is 7.49. The van der Waals surface area contributed by atoms with Gasteiger partial charge in [0.05, 0.1) is 17.8 Å². The Morgan fingerprint density at radius 3 is 2.40 bits per heavy atom. The number of rotatable bonds is 5. The lowest BCUT2D eigenvalue weighted by atomic mass is 9.88. The maximum Gasteiger partial charge on any atom is 0.344 e. The Kier molecular flexibility index (Phi) is 5.92. The zero-order chi connectivity index (χ0) is 22.1. The molecule has 2 aromatic carbocycles. The van der Waals surface area contributed by atoms with Gasteiger partial charge in [0.1, 0.15) is 22.9 Å². The van der Waals surface area contributed by atoms with Gasteiger partial charge in [-0.1, -0.05) is 12.1 Å². The Bertz CT molecular complexity index is 1010. The van der Waals surface area contributed by atoms with Gasteiger partial charge in [-0.15, -0.1) is 0 Å². The molecule has 0 unspecified atom stereocenters. The number of hydrogen-bond acceptors (Lipinski definition) is 4. The average molecular weight is 415 g/mol. The van der Waals surface area contributed by atoms with Crippen molar-refractivity contribution in [2.24, 2.45) is 0 Å². The molecule has 1 amide bonds. The molecule has 7 heteroatoms. The molecule has 0 spiro atoms. The highest BCUT2D eigenvalue weighted by Gasteiger charge is 2.36. The second-order valence-electron chi connectivity index (χ2n) is 7.49. The summed E-state index contributed by atoms with van der Waals surface area (Å²) in [4.78, 5) is 26.7. The minimum atomic E-state index is -1.23. The Morgan fingerprint density at radius 1 is 1.10 bits per heavy atom. The van der Waals surface area contributed by atoms with E-state index in [1.54, 1.807) is 12.1 Å². The number of carbonyl (C=O) groups excluding carboxylic acids is 2. The predicted molar refractivity (Wildman–Crippen MR) is 109 cm³/mol. The Labute approximate surface area is 173 Å². The third kappa shape index (κ3) is 4.06. The van der Waals surface area contributed by atoms with Crippen molar-refractivity contribution in [2.45, 2.75) is 33.2 Å². The number of carbonyl (C=O) groups is 2. The van der Waals surface area contributed by atoms with E-state index in [0.29, 0.717) is 18.0 Å². The summed E-state index contributed by atoms with van der Waals surface area (Å²) < 4.78 is 38.1. The summed E-state index contributed by atoms with van der Waals surface area (Å²) in [6.45, 7) is 7.39. The lowest BCUT2D eigenvalue weighted by molar-refractivity contribution is -0.122. The van der Waals surface area contributed by atoms with E-state index in [4.69, 9.17) is 9.47 Å². The summed E-state index contributed by atoms with van der Waals surface area (Å²) >= 11 is 0. The second kappa shape index (κ2) is 8.26. The summed E-state index contributed by atoms with van der Waals surface area (Å²) in [6.07, 6.45) is 1.93. The van der Waals surface area contributed by atoms with Crippen molar-refractivity contribution in [3.8, 4) is 5.75 Å². The number of halogens is 2. The van der Waals surface area contributed by atoms with Crippen LogP contribution in [0.3, 0.4) is 0 Å². The zero-order valence-electron chi connectivity index (χ0n) is 17.3. The fourth-order valence-corrected chi connectivity index (χ4v) is 3.68. The number of ether oxygens (including phenoxy) is 2. The lowest BCUT2D eigenvalue weighted by Crippen LogP contribution is -2.50. The molecule has 0 N–H and O–H groups in total. The first-order chi connectivity index (χ1) is 14.2. The molecule has 1 heterocycles. The molecule has 5 nitrogen and oxygen atoms in total. The van der Waals surface area contributed by atoms with Gasteiger partial charge in [-0.3, -0.25) is 9.69 Å². The number of amides is 1. The predicted octanol–water partition coefficient (Wildman–Crippen LogP) is 4.75. The van der Waals surface area contributed by atoms with Crippen molar-refractivity contribution in [1.29, 1.82) is 0 Å². The normalized spacial score (nSPS) is 14.6. The molecule has 0 radical (unpaired) electrons. The number of esters is 1. The highest BCUT2D eigenvalue weighted by molar-refractivity contribution is 6.02. The van der Waals surface area contributed by atoms with Gasteiger partial charge in [-0.2, -0.15) is 0 Å². The number of benzene rings is 2. The van der Waals surface area contributed by atoms with Crippen LogP contribution < -0.4 is 9.64 Å². The van der Waals surface area contributed by atoms with Crippen molar-refractivity contribution < 1.29 is 27.8 Å². The molecular formula is C23H23F2NO4. The first-order valence-electron chi connectivity index (χ1n) is 9.56. The molecule has 0 aliphatic carbocycles. The number of allylic oxidation sites excluding steroid dienone is 1. The van der Waals surface area contributed by atoms with Crippen molar-refractivity contribution >= 4 is 23.1 Å². The molecule has 0 aromatic heterocycles. The van der Waals surface area contributed by atoms with E-state index < -0.39 is 41.2 Å². The largest absolute Gasteiger partial charge is 0.494 e. The van der Waals surface area contributed by atoms with E-state index >= 15 is 0 Å². The molecule has 0 saturated carbocycles. The Hall–Kier alpha value is -3.22. The summed E-state index contributed by atoms with van der Waals surface area (Å²) in [5.74, 6) is -3.15. The molecule has 0 fully saturated rings. The number of fused-ring (bicyclic) bond motifs is 1. The maximum atomic E-state index is 13.8. The third-order valence-corrected chi connectivity index (χ3v) is 4.83. The molecule has 30 heavy (non-hydrogen) atoms.